The van der Waals surface area contributed by atoms with Gasteiger partial charge >= 0.3 is 12.1 Å². The monoisotopic (exact) mass is 664 g/mol. The van der Waals surface area contributed by atoms with Crippen LogP contribution in [0.4, 0.5) is 4.79 Å². The van der Waals surface area contributed by atoms with E-state index < -0.39 is 23.6 Å². The fourth-order valence-electron chi connectivity index (χ4n) is 7.01. The van der Waals surface area contributed by atoms with Crippen molar-refractivity contribution in [2.24, 2.45) is 0 Å². The van der Waals surface area contributed by atoms with Crippen molar-refractivity contribution in [3.8, 4) is 11.1 Å². The molecule has 0 fully saturated rings. The minimum atomic E-state index is -0.851. The lowest BCUT2D eigenvalue weighted by Crippen LogP contribution is -2.45. The summed E-state index contributed by atoms with van der Waals surface area (Å²) in [6.45, 7) is 6.64. The maximum atomic E-state index is 13.2. The molecule has 6 rings (SSSR count). The number of ether oxygens (including phenoxy) is 2. The first-order valence-corrected chi connectivity index (χ1v) is 17.3. The summed E-state index contributed by atoms with van der Waals surface area (Å²) in [5, 5.41) is 6.70. The number of amides is 1. The molecule has 0 aromatic heterocycles. The van der Waals surface area contributed by atoms with Gasteiger partial charge in [0, 0.05) is 5.92 Å². The molecule has 0 saturated heterocycles. The van der Waals surface area contributed by atoms with Gasteiger partial charge in [0.2, 0.25) is 0 Å². The van der Waals surface area contributed by atoms with Gasteiger partial charge in [0.1, 0.15) is 19.3 Å². The Hall–Kier alpha value is -5.46. The van der Waals surface area contributed by atoms with Crippen LogP contribution in [-0.4, -0.2) is 37.9 Å². The van der Waals surface area contributed by atoms with E-state index in [0.29, 0.717) is 19.4 Å². The molecule has 5 aromatic carbocycles. The molecule has 6 heteroatoms. The number of unbranched alkanes of at least 4 members (excludes halogenated alkanes) is 1. The van der Waals surface area contributed by atoms with Gasteiger partial charge in [-0.3, -0.25) is 5.32 Å². The Morgan fingerprint density at radius 3 is 1.84 bits per heavy atom. The number of carbonyl (C=O) groups is 2. The molecule has 0 unspecified atom stereocenters. The molecule has 50 heavy (non-hydrogen) atoms. The summed E-state index contributed by atoms with van der Waals surface area (Å²) in [5.74, 6) is -0.581. The second-order valence-corrected chi connectivity index (χ2v) is 12.7. The lowest BCUT2D eigenvalue weighted by molar-refractivity contribution is -0.145. The van der Waals surface area contributed by atoms with Crippen molar-refractivity contribution in [1.29, 1.82) is 0 Å². The summed E-state index contributed by atoms with van der Waals surface area (Å²) in [6.07, 6.45) is 2.69. The van der Waals surface area contributed by atoms with Gasteiger partial charge in [0.05, 0.1) is 5.54 Å². The van der Waals surface area contributed by atoms with Gasteiger partial charge in [-0.1, -0.05) is 152 Å². The first-order valence-electron chi connectivity index (χ1n) is 17.3. The third kappa shape index (κ3) is 7.56. The Balaban J connectivity index is 1.12. The zero-order valence-corrected chi connectivity index (χ0v) is 28.5. The van der Waals surface area contributed by atoms with Gasteiger partial charge in [0.25, 0.3) is 0 Å². The average molecular weight is 665 g/mol. The molecule has 1 aliphatic rings. The predicted octanol–water partition coefficient (Wildman–Crippen LogP) is 8.68. The quantitative estimate of drug-likeness (QED) is 0.0507. The molecule has 2 N–H and O–H groups in total. The van der Waals surface area contributed by atoms with E-state index in [2.05, 4.69) is 121 Å². The largest absolute Gasteiger partial charge is 0.460 e. The van der Waals surface area contributed by atoms with Gasteiger partial charge in [-0.15, -0.1) is 0 Å². The lowest BCUT2D eigenvalue weighted by Gasteiger charge is -2.37. The number of alkyl carbamates (subject to hydrolysis) is 1. The van der Waals surface area contributed by atoms with E-state index in [1.807, 2.05) is 36.4 Å². The van der Waals surface area contributed by atoms with Crippen molar-refractivity contribution >= 4 is 12.1 Å². The molecule has 0 saturated carbocycles. The number of carbonyl (C=O) groups excluding carboxylic acids is 2. The lowest BCUT2D eigenvalue weighted by atomic mass is 9.76. The van der Waals surface area contributed by atoms with Crippen LogP contribution in [0.15, 0.2) is 146 Å². The predicted molar refractivity (Wildman–Crippen MR) is 199 cm³/mol. The van der Waals surface area contributed by atoms with Crippen LogP contribution in [0.25, 0.3) is 11.1 Å². The highest BCUT2D eigenvalue weighted by Crippen LogP contribution is 2.44. The van der Waals surface area contributed by atoms with Gasteiger partial charge in [-0.25, -0.2) is 9.59 Å². The zero-order chi connectivity index (χ0) is 34.8. The number of rotatable bonds is 15. The first-order chi connectivity index (χ1) is 24.5. The van der Waals surface area contributed by atoms with Crippen molar-refractivity contribution in [1.82, 2.24) is 10.6 Å². The Bertz CT molecular complexity index is 1800. The second kappa shape index (κ2) is 16.3. The normalized spacial score (nSPS) is 12.7. The molecule has 1 atom stereocenters. The molecule has 0 aliphatic heterocycles. The highest BCUT2D eigenvalue weighted by molar-refractivity contribution is 5.82. The third-order valence-corrected chi connectivity index (χ3v) is 9.47. The summed E-state index contributed by atoms with van der Waals surface area (Å²) < 4.78 is 11.1. The van der Waals surface area contributed by atoms with Crippen molar-refractivity contribution in [3.63, 3.8) is 0 Å². The number of hydrogen-bond acceptors (Lipinski definition) is 5. The van der Waals surface area contributed by atoms with Crippen molar-refractivity contribution in [3.05, 3.63) is 179 Å². The minimum Gasteiger partial charge on any atom is -0.460 e. The molecule has 254 valence electrons. The Kier molecular flexibility index (Phi) is 11.2. The Morgan fingerprint density at radius 1 is 0.720 bits per heavy atom. The second-order valence-electron chi connectivity index (χ2n) is 12.7. The van der Waals surface area contributed by atoms with E-state index in [9.17, 15) is 9.59 Å². The van der Waals surface area contributed by atoms with E-state index in [4.69, 9.17) is 9.47 Å². The highest BCUT2D eigenvalue weighted by atomic mass is 16.6. The van der Waals surface area contributed by atoms with Crippen LogP contribution >= 0.6 is 0 Å². The molecule has 5 aromatic rings. The Morgan fingerprint density at radius 2 is 1.26 bits per heavy atom. The molecule has 0 spiro atoms. The van der Waals surface area contributed by atoms with Crippen molar-refractivity contribution in [2.45, 2.75) is 43.7 Å². The molecular formula is C44H44N2O4. The number of nitrogens with one attached hydrogen (secondary N) is 2. The fraction of sp³-hybridized carbons (Fsp3) is 0.227. The smallest absolute Gasteiger partial charge is 0.407 e. The van der Waals surface area contributed by atoms with Crippen LogP contribution in [0.3, 0.4) is 0 Å². The van der Waals surface area contributed by atoms with Crippen LogP contribution in [0.2, 0.25) is 0 Å². The summed E-state index contributed by atoms with van der Waals surface area (Å²) in [4.78, 5) is 26.2. The van der Waals surface area contributed by atoms with Gasteiger partial charge < -0.3 is 14.8 Å². The maximum Gasteiger partial charge on any atom is 0.407 e. The summed E-state index contributed by atoms with van der Waals surface area (Å²) in [6, 6.07) is 45.2. The molecule has 6 nitrogen and oxygen atoms in total. The maximum absolute atomic E-state index is 13.2. The van der Waals surface area contributed by atoms with Crippen LogP contribution in [0, 0.1) is 6.92 Å². The summed E-state index contributed by atoms with van der Waals surface area (Å²) in [5.41, 5.74) is 8.59. The van der Waals surface area contributed by atoms with E-state index >= 15 is 0 Å². The van der Waals surface area contributed by atoms with Crippen LogP contribution in [-0.2, 0) is 19.8 Å². The topological polar surface area (TPSA) is 76.7 Å². The number of fused-ring (bicyclic) bond motifs is 3. The molecule has 0 bridgehead atoms. The van der Waals surface area contributed by atoms with Crippen LogP contribution in [0.1, 0.15) is 58.6 Å². The summed E-state index contributed by atoms with van der Waals surface area (Å²) in [7, 11) is 0. The van der Waals surface area contributed by atoms with Crippen LogP contribution < -0.4 is 10.6 Å². The fourth-order valence-corrected chi connectivity index (χ4v) is 7.01. The number of benzene rings is 5. The molecule has 1 aliphatic carbocycles. The van der Waals surface area contributed by atoms with Gasteiger partial charge in [-0.05, 0) is 71.7 Å². The zero-order valence-electron chi connectivity index (χ0n) is 28.5. The van der Waals surface area contributed by atoms with E-state index in [-0.39, 0.29) is 19.1 Å². The SMILES string of the molecule is C=CCOC(=O)[C@H](CCCCNC(c1ccccc1)(c1ccccc1)c1ccc(C)cc1)NC(=O)OCC1c2ccccc2-c2ccccc21. The Labute approximate surface area is 295 Å². The van der Waals surface area contributed by atoms with E-state index in [1.165, 1.54) is 11.6 Å². The standard InChI is InChI=1S/C44H44N2O4/c1-3-30-49-42(47)41(46-43(48)50-31-40-38-22-12-10-20-36(38)37-21-11-13-23-39(37)40)24-14-15-29-45-44(33-16-6-4-7-17-33,34-18-8-5-9-19-34)35-27-25-32(2)26-28-35/h3-13,16-23,25-28,40-41,45H,1,14-15,24,29-31H2,2H3,(H,46,48)/t41-/m0/s1. The molecule has 0 heterocycles. The third-order valence-electron chi connectivity index (χ3n) is 9.47. The molecular weight excluding hydrogens is 620 g/mol. The summed E-state index contributed by atoms with van der Waals surface area (Å²) >= 11 is 0. The molecule has 1 amide bonds. The first kappa shape index (κ1) is 34.4. The number of hydrogen-bond donors (Lipinski definition) is 2. The van der Waals surface area contributed by atoms with Crippen molar-refractivity contribution in [2.75, 3.05) is 19.8 Å². The van der Waals surface area contributed by atoms with E-state index in [1.54, 1.807) is 0 Å². The van der Waals surface area contributed by atoms with Crippen LogP contribution in [0.5, 0.6) is 0 Å². The molecule has 0 radical (unpaired) electrons. The van der Waals surface area contributed by atoms with Crippen molar-refractivity contribution < 1.29 is 19.1 Å². The number of aryl methyl sites for hydroxylation is 1. The van der Waals surface area contributed by atoms with E-state index in [0.717, 1.165) is 45.4 Å². The minimum absolute atomic E-state index is 0.0660. The van der Waals surface area contributed by atoms with Gasteiger partial charge in [-0.2, -0.15) is 0 Å². The highest BCUT2D eigenvalue weighted by Gasteiger charge is 2.36. The number of esters is 1. The van der Waals surface area contributed by atoms with Gasteiger partial charge in [0.15, 0.2) is 0 Å². The average Bonchev–Trinajstić information content (AvgIpc) is 3.48.